The Bertz CT molecular complexity index is 1370. The maximum atomic E-state index is 12.7. The molecule has 3 aromatic carbocycles. The fourth-order valence-electron chi connectivity index (χ4n) is 3.21. The van der Waals surface area contributed by atoms with E-state index < -0.39 is 5.91 Å². The minimum atomic E-state index is -0.583. The Morgan fingerprint density at radius 2 is 1.86 bits per heavy atom. The van der Waals surface area contributed by atoms with E-state index in [4.69, 9.17) is 32.7 Å². The van der Waals surface area contributed by atoms with Crippen LogP contribution in [0.3, 0.4) is 0 Å². The van der Waals surface area contributed by atoms with Gasteiger partial charge >= 0.3 is 0 Å². The van der Waals surface area contributed by atoms with Crippen LogP contribution in [0.4, 0.5) is 5.69 Å². The van der Waals surface area contributed by atoms with Crippen LogP contribution in [0.2, 0.25) is 10.0 Å². The van der Waals surface area contributed by atoms with Crippen LogP contribution in [0.15, 0.2) is 60.2 Å². The summed E-state index contributed by atoms with van der Waals surface area (Å²) in [7, 11) is 0. The normalized spacial score (nSPS) is 10.7. The van der Waals surface area contributed by atoms with Crippen molar-refractivity contribution in [2.24, 2.45) is 0 Å². The van der Waals surface area contributed by atoms with Crippen molar-refractivity contribution in [3.05, 3.63) is 92.5 Å². The molecule has 1 N–H and O–H groups in total. The third kappa shape index (κ3) is 6.55. The highest BCUT2D eigenvalue weighted by Gasteiger charge is 2.16. The van der Waals surface area contributed by atoms with Gasteiger partial charge in [0.2, 0.25) is 0 Å². The van der Waals surface area contributed by atoms with Crippen molar-refractivity contribution < 1.29 is 14.3 Å². The number of hydrogen-bond acceptors (Lipinski definition) is 5. The monoisotopic (exact) mass is 505 g/mol. The number of carbonyl (C=O) groups is 1. The van der Waals surface area contributed by atoms with Gasteiger partial charge in [0.15, 0.2) is 11.5 Å². The molecule has 0 radical (unpaired) electrons. The van der Waals surface area contributed by atoms with Crippen LogP contribution in [0.1, 0.15) is 29.2 Å². The van der Waals surface area contributed by atoms with Gasteiger partial charge in [-0.2, -0.15) is 10.5 Å². The smallest absolute Gasteiger partial charge is 0.266 e. The van der Waals surface area contributed by atoms with Gasteiger partial charge in [-0.15, -0.1) is 0 Å². The van der Waals surface area contributed by atoms with E-state index in [0.29, 0.717) is 45.5 Å². The molecule has 0 aromatic heterocycles. The second-order valence-corrected chi connectivity index (χ2v) is 8.25. The third-order valence-corrected chi connectivity index (χ3v) is 5.48. The molecule has 0 saturated carbocycles. The predicted octanol–water partition coefficient (Wildman–Crippen LogP) is 6.70. The molecule has 3 rings (SSSR count). The first-order chi connectivity index (χ1) is 16.9. The molecule has 0 unspecified atom stereocenters. The summed E-state index contributed by atoms with van der Waals surface area (Å²) in [6.07, 6.45) is 1.42. The van der Waals surface area contributed by atoms with Gasteiger partial charge in [0.25, 0.3) is 5.91 Å². The minimum Gasteiger partial charge on any atom is -0.490 e. The second kappa shape index (κ2) is 11.9. The Labute approximate surface area is 213 Å². The fourth-order valence-corrected chi connectivity index (χ4v) is 3.66. The van der Waals surface area contributed by atoms with Gasteiger partial charge in [0, 0.05) is 16.3 Å². The van der Waals surface area contributed by atoms with Crippen molar-refractivity contribution in [2.45, 2.75) is 20.5 Å². The van der Waals surface area contributed by atoms with Gasteiger partial charge in [-0.05, 0) is 61.4 Å². The van der Waals surface area contributed by atoms with E-state index in [9.17, 15) is 15.3 Å². The van der Waals surface area contributed by atoms with Crippen LogP contribution in [0, 0.1) is 29.6 Å². The molecule has 0 atom stereocenters. The topological polar surface area (TPSA) is 95.1 Å². The molecule has 8 heteroatoms. The standard InChI is InChI=1S/C27H21Cl2N3O3/c1-3-34-25-12-18(10-21(15-31)27(33)32-24-13-22(28)9-8-17(24)2)11-23(29)26(25)35-16-20-7-5-4-6-19(20)14-30/h4-13H,3,16H2,1-2H3,(H,32,33)/b21-10+. The van der Waals surface area contributed by atoms with E-state index in [-0.39, 0.29) is 17.2 Å². The van der Waals surface area contributed by atoms with E-state index in [1.807, 2.05) is 26.0 Å². The third-order valence-electron chi connectivity index (χ3n) is 4.97. The number of aryl methyl sites for hydroxylation is 1. The number of nitrogens with zero attached hydrogens (tertiary/aromatic N) is 2. The summed E-state index contributed by atoms with van der Waals surface area (Å²) in [6, 6.07) is 19.5. The van der Waals surface area contributed by atoms with E-state index >= 15 is 0 Å². The average Bonchev–Trinajstić information content (AvgIpc) is 2.84. The Kier molecular flexibility index (Phi) is 8.75. The number of halogens is 2. The molecule has 0 heterocycles. The van der Waals surface area contributed by atoms with Crippen molar-refractivity contribution in [3.63, 3.8) is 0 Å². The summed E-state index contributed by atoms with van der Waals surface area (Å²) in [5.41, 5.74) is 2.88. The molecule has 0 aliphatic carbocycles. The quantitative estimate of drug-likeness (QED) is 0.271. The van der Waals surface area contributed by atoms with Gasteiger partial charge in [-0.1, -0.05) is 47.5 Å². The van der Waals surface area contributed by atoms with Crippen molar-refractivity contribution >= 4 is 40.9 Å². The lowest BCUT2D eigenvalue weighted by Crippen LogP contribution is -2.14. The highest BCUT2D eigenvalue weighted by atomic mass is 35.5. The number of nitrogens with one attached hydrogen (secondary N) is 1. The maximum absolute atomic E-state index is 12.7. The van der Waals surface area contributed by atoms with Gasteiger partial charge < -0.3 is 14.8 Å². The van der Waals surface area contributed by atoms with Crippen LogP contribution in [-0.2, 0) is 11.4 Å². The number of anilines is 1. The van der Waals surface area contributed by atoms with Crippen molar-refractivity contribution in [1.82, 2.24) is 0 Å². The summed E-state index contributed by atoms with van der Waals surface area (Å²) in [5.74, 6) is 0.0698. The Morgan fingerprint density at radius 1 is 1.09 bits per heavy atom. The summed E-state index contributed by atoms with van der Waals surface area (Å²) in [6.45, 7) is 4.09. The van der Waals surface area contributed by atoms with Gasteiger partial charge in [-0.3, -0.25) is 4.79 Å². The highest BCUT2D eigenvalue weighted by Crippen LogP contribution is 2.38. The largest absolute Gasteiger partial charge is 0.490 e. The number of rotatable bonds is 8. The van der Waals surface area contributed by atoms with Crippen LogP contribution < -0.4 is 14.8 Å². The van der Waals surface area contributed by atoms with E-state index in [1.54, 1.807) is 48.5 Å². The first-order valence-electron chi connectivity index (χ1n) is 10.6. The lowest BCUT2D eigenvalue weighted by molar-refractivity contribution is -0.112. The Hall–Kier alpha value is -3.97. The highest BCUT2D eigenvalue weighted by molar-refractivity contribution is 6.32. The minimum absolute atomic E-state index is 0.115. The molecular formula is C27H21Cl2N3O3. The second-order valence-electron chi connectivity index (χ2n) is 7.40. The molecular weight excluding hydrogens is 485 g/mol. The molecule has 0 aliphatic heterocycles. The molecule has 35 heavy (non-hydrogen) atoms. The van der Waals surface area contributed by atoms with Crippen LogP contribution >= 0.6 is 23.2 Å². The summed E-state index contributed by atoms with van der Waals surface area (Å²) in [5, 5.41) is 22.3. The predicted molar refractivity (Wildman–Crippen MR) is 137 cm³/mol. The van der Waals surface area contributed by atoms with E-state index in [2.05, 4.69) is 11.4 Å². The molecule has 1 amide bonds. The molecule has 176 valence electrons. The van der Waals surface area contributed by atoms with Gasteiger partial charge in [0.1, 0.15) is 18.2 Å². The van der Waals surface area contributed by atoms with Gasteiger partial charge in [-0.25, -0.2) is 0 Å². The first-order valence-corrected chi connectivity index (χ1v) is 11.4. The SMILES string of the molecule is CCOc1cc(/C=C(\C#N)C(=O)Nc2cc(Cl)ccc2C)cc(Cl)c1OCc1ccccc1C#N. The fraction of sp³-hybridized carbons (Fsp3) is 0.148. The van der Waals surface area contributed by atoms with Crippen LogP contribution in [-0.4, -0.2) is 12.5 Å². The Balaban J connectivity index is 1.88. The summed E-state index contributed by atoms with van der Waals surface area (Å²) in [4.78, 5) is 12.7. The molecule has 0 spiro atoms. The summed E-state index contributed by atoms with van der Waals surface area (Å²) < 4.78 is 11.6. The lowest BCUT2D eigenvalue weighted by atomic mass is 10.1. The summed E-state index contributed by atoms with van der Waals surface area (Å²) >= 11 is 12.5. The molecule has 0 aliphatic rings. The van der Waals surface area contributed by atoms with Gasteiger partial charge in [0.05, 0.1) is 23.3 Å². The number of amides is 1. The zero-order valence-electron chi connectivity index (χ0n) is 19.1. The zero-order valence-corrected chi connectivity index (χ0v) is 20.6. The van der Waals surface area contributed by atoms with Crippen molar-refractivity contribution in [1.29, 1.82) is 10.5 Å². The maximum Gasteiger partial charge on any atom is 0.266 e. The van der Waals surface area contributed by atoms with E-state index in [0.717, 1.165) is 5.56 Å². The lowest BCUT2D eigenvalue weighted by Gasteiger charge is -2.15. The number of benzene rings is 3. The van der Waals surface area contributed by atoms with Crippen LogP contribution in [0.25, 0.3) is 6.08 Å². The average molecular weight is 506 g/mol. The Morgan fingerprint density at radius 3 is 2.57 bits per heavy atom. The molecule has 0 saturated heterocycles. The zero-order chi connectivity index (χ0) is 25.4. The number of hydrogen-bond donors (Lipinski definition) is 1. The van der Waals surface area contributed by atoms with Crippen molar-refractivity contribution in [3.8, 4) is 23.6 Å². The first kappa shape index (κ1) is 25.6. The molecule has 3 aromatic rings. The molecule has 0 fully saturated rings. The molecule has 0 bridgehead atoms. The van der Waals surface area contributed by atoms with Crippen LogP contribution in [0.5, 0.6) is 11.5 Å². The van der Waals surface area contributed by atoms with Crippen molar-refractivity contribution in [2.75, 3.05) is 11.9 Å². The number of nitriles is 2. The molecule has 6 nitrogen and oxygen atoms in total. The number of carbonyl (C=O) groups excluding carboxylic acids is 1. The van der Waals surface area contributed by atoms with E-state index in [1.165, 1.54) is 6.08 Å². The number of ether oxygens (including phenoxy) is 2.